The van der Waals surface area contributed by atoms with Crippen molar-refractivity contribution in [1.29, 1.82) is 0 Å². The number of rotatable bonds is 7. The molecule has 2 aromatic rings. The van der Waals surface area contributed by atoms with Crippen LogP contribution in [0.5, 0.6) is 0 Å². The van der Waals surface area contributed by atoms with E-state index in [2.05, 4.69) is 42.3 Å². The average molecular weight is 278 g/mol. The zero-order valence-corrected chi connectivity index (χ0v) is 12.7. The molecule has 0 spiro atoms. The van der Waals surface area contributed by atoms with Gasteiger partial charge in [-0.15, -0.1) is 11.3 Å². The van der Waals surface area contributed by atoms with Crippen molar-refractivity contribution in [1.82, 2.24) is 9.80 Å². The van der Waals surface area contributed by atoms with Gasteiger partial charge >= 0.3 is 0 Å². The second-order valence-corrected chi connectivity index (χ2v) is 6.18. The maximum absolute atomic E-state index is 5.46. The van der Waals surface area contributed by atoms with E-state index in [1.165, 1.54) is 10.4 Å². The second kappa shape index (κ2) is 6.89. The maximum atomic E-state index is 5.46. The van der Waals surface area contributed by atoms with Crippen LogP contribution in [0.4, 0.5) is 0 Å². The van der Waals surface area contributed by atoms with E-state index in [1.807, 2.05) is 23.5 Å². The number of hydrogen-bond acceptors (Lipinski definition) is 4. The van der Waals surface area contributed by atoms with Gasteiger partial charge in [0, 0.05) is 24.5 Å². The van der Waals surface area contributed by atoms with E-state index >= 15 is 0 Å². The van der Waals surface area contributed by atoms with Gasteiger partial charge in [0.2, 0.25) is 0 Å². The predicted octanol–water partition coefficient (Wildman–Crippen LogP) is 3.21. The van der Waals surface area contributed by atoms with Crippen LogP contribution in [0, 0.1) is 6.92 Å². The van der Waals surface area contributed by atoms with E-state index in [0.717, 1.165) is 31.9 Å². The molecule has 0 bridgehead atoms. The molecule has 0 aromatic carbocycles. The summed E-state index contributed by atoms with van der Waals surface area (Å²) in [7, 11) is 4.22. The summed E-state index contributed by atoms with van der Waals surface area (Å²) in [6.45, 7) is 6.12. The van der Waals surface area contributed by atoms with Crippen LogP contribution in [-0.4, -0.2) is 37.0 Å². The summed E-state index contributed by atoms with van der Waals surface area (Å²) in [6, 6.07) is 6.27. The highest BCUT2D eigenvalue weighted by Crippen LogP contribution is 2.17. The van der Waals surface area contributed by atoms with Gasteiger partial charge in [-0.25, -0.2) is 0 Å². The van der Waals surface area contributed by atoms with Crippen LogP contribution in [0.25, 0.3) is 0 Å². The molecule has 2 rings (SSSR count). The molecule has 4 heteroatoms. The fourth-order valence-electron chi connectivity index (χ4n) is 1.97. The maximum Gasteiger partial charge on any atom is 0.117 e. The Morgan fingerprint density at radius 2 is 2.05 bits per heavy atom. The molecule has 0 N–H and O–H groups in total. The molecule has 19 heavy (non-hydrogen) atoms. The standard InChI is InChI=1S/C15H22N2OS/c1-13-9-15(19-12-13)11-17(7-6-16(2)3)10-14-5-4-8-18-14/h4-5,8-9,12H,6-7,10-11H2,1-3H3. The molecule has 3 nitrogen and oxygen atoms in total. The molecule has 0 radical (unpaired) electrons. The third-order valence-electron chi connectivity index (χ3n) is 2.99. The molecular weight excluding hydrogens is 256 g/mol. The lowest BCUT2D eigenvalue weighted by atomic mass is 10.3. The van der Waals surface area contributed by atoms with Gasteiger partial charge in [0.05, 0.1) is 12.8 Å². The second-order valence-electron chi connectivity index (χ2n) is 5.18. The Hall–Kier alpha value is -1.10. The summed E-state index contributed by atoms with van der Waals surface area (Å²) >= 11 is 1.84. The van der Waals surface area contributed by atoms with E-state index in [0.29, 0.717) is 0 Å². The predicted molar refractivity (Wildman–Crippen MR) is 80.4 cm³/mol. The summed E-state index contributed by atoms with van der Waals surface area (Å²) in [5, 5.41) is 2.21. The first kappa shape index (κ1) is 14.3. The molecule has 0 saturated carbocycles. The molecular formula is C15H22N2OS. The molecule has 0 unspecified atom stereocenters. The molecule has 0 fully saturated rings. The van der Waals surface area contributed by atoms with Crippen molar-refractivity contribution in [2.45, 2.75) is 20.0 Å². The van der Waals surface area contributed by atoms with Crippen LogP contribution in [0.2, 0.25) is 0 Å². The monoisotopic (exact) mass is 278 g/mol. The zero-order valence-electron chi connectivity index (χ0n) is 11.9. The Morgan fingerprint density at radius 1 is 1.21 bits per heavy atom. The zero-order chi connectivity index (χ0) is 13.7. The molecule has 0 atom stereocenters. The molecule has 2 aromatic heterocycles. The normalized spacial score (nSPS) is 11.6. The number of furan rings is 1. The summed E-state index contributed by atoms with van der Waals surface area (Å²) in [4.78, 5) is 6.07. The fraction of sp³-hybridized carbons (Fsp3) is 0.467. The van der Waals surface area contributed by atoms with Crippen molar-refractivity contribution in [3.63, 3.8) is 0 Å². The third kappa shape index (κ3) is 4.82. The third-order valence-corrected chi connectivity index (χ3v) is 4.03. The van der Waals surface area contributed by atoms with Crippen LogP contribution < -0.4 is 0 Å². The van der Waals surface area contributed by atoms with E-state index < -0.39 is 0 Å². The van der Waals surface area contributed by atoms with Crippen LogP contribution in [0.3, 0.4) is 0 Å². The first-order chi connectivity index (χ1) is 9.13. The Labute approximate surface area is 119 Å². The number of likely N-dealkylation sites (N-methyl/N-ethyl adjacent to an activating group) is 1. The van der Waals surface area contributed by atoms with Crippen LogP contribution in [0.15, 0.2) is 34.3 Å². The minimum atomic E-state index is 0.873. The Kier molecular flexibility index (Phi) is 5.19. The Morgan fingerprint density at radius 3 is 2.63 bits per heavy atom. The van der Waals surface area contributed by atoms with E-state index in [1.54, 1.807) is 6.26 Å². The highest BCUT2D eigenvalue weighted by atomic mass is 32.1. The molecule has 0 aliphatic carbocycles. The molecule has 0 amide bonds. The lowest BCUT2D eigenvalue weighted by molar-refractivity contribution is 0.212. The van der Waals surface area contributed by atoms with Crippen molar-refractivity contribution >= 4 is 11.3 Å². The van der Waals surface area contributed by atoms with Crippen molar-refractivity contribution in [3.05, 3.63) is 46.0 Å². The summed E-state index contributed by atoms with van der Waals surface area (Å²) in [5.74, 6) is 1.03. The first-order valence-electron chi connectivity index (χ1n) is 6.57. The Balaban J connectivity index is 1.96. The van der Waals surface area contributed by atoms with Crippen LogP contribution in [-0.2, 0) is 13.1 Å². The van der Waals surface area contributed by atoms with Gasteiger partial charge in [0.25, 0.3) is 0 Å². The smallest absolute Gasteiger partial charge is 0.117 e. The van der Waals surface area contributed by atoms with Crippen molar-refractivity contribution < 1.29 is 4.42 Å². The summed E-state index contributed by atoms with van der Waals surface area (Å²) < 4.78 is 5.46. The lowest BCUT2D eigenvalue weighted by Crippen LogP contribution is -2.30. The largest absolute Gasteiger partial charge is 0.468 e. The quantitative estimate of drug-likeness (QED) is 0.775. The van der Waals surface area contributed by atoms with Gasteiger partial charge < -0.3 is 9.32 Å². The number of nitrogens with zero attached hydrogens (tertiary/aromatic N) is 2. The van der Waals surface area contributed by atoms with E-state index in [9.17, 15) is 0 Å². The molecule has 104 valence electrons. The number of thiophene rings is 1. The summed E-state index contributed by atoms with van der Waals surface area (Å²) in [6.07, 6.45) is 1.74. The average Bonchev–Trinajstić information content (AvgIpc) is 2.98. The highest BCUT2D eigenvalue weighted by molar-refractivity contribution is 7.10. The molecule has 0 aliphatic rings. The van der Waals surface area contributed by atoms with Gasteiger partial charge in [-0.05, 0) is 50.2 Å². The van der Waals surface area contributed by atoms with Gasteiger partial charge in [-0.2, -0.15) is 0 Å². The minimum absolute atomic E-state index is 0.873. The molecule has 2 heterocycles. The number of hydrogen-bond donors (Lipinski definition) is 0. The van der Waals surface area contributed by atoms with Gasteiger partial charge in [-0.3, -0.25) is 4.90 Å². The van der Waals surface area contributed by atoms with E-state index in [4.69, 9.17) is 4.42 Å². The summed E-state index contributed by atoms with van der Waals surface area (Å²) in [5.41, 5.74) is 1.35. The van der Waals surface area contributed by atoms with Crippen molar-refractivity contribution in [3.8, 4) is 0 Å². The van der Waals surface area contributed by atoms with Gasteiger partial charge in [0.15, 0.2) is 0 Å². The Bertz CT molecular complexity index is 476. The van der Waals surface area contributed by atoms with Gasteiger partial charge in [0.1, 0.15) is 5.76 Å². The molecule has 0 aliphatic heterocycles. The topological polar surface area (TPSA) is 19.6 Å². The van der Waals surface area contributed by atoms with Crippen LogP contribution >= 0.6 is 11.3 Å². The lowest BCUT2D eigenvalue weighted by Gasteiger charge is -2.22. The number of aryl methyl sites for hydroxylation is 1. The van der Waals surface area contributed by atoms with Gasteiger partial charge in [-0.1, -0.05) is 0 Å². The SMILES string of the molecule is Cc1csc(CN(CCN(C)C)Cc2ccco2)c1. The van der Waals surface area contributed by atoms with Crippen molar-refractivity contribution in [2.75, 3.05) is 27.2 Å². The minimum Gasteiger partial charge on any atom is -0.468 e. The van der Waals surface area contributed by atoms with Crippen molar-refractivity contribution in [2.24, 2.45) is 0 Å². The van der Waals surface area contributed by atoms with Crippen LogP contribution in [0.1, 0.15) is 16.2 Å². The highest BCUT2D eigenvalue weighted by Gasteiger charge is 2.10. The first-order valence-corrected chi connectivity index (χ1v) is 7.45. The molecule has 0 saturated heterocycles. The fourth-order valence-corrected chi connectivity index (χ4v) is 2.89. The van der Waals surface area contributed by atoms with E-state index in [-0.39, 0.29) is 0 Å².